The third-order valence-electron chi connectivity index (χ3n) is 2.98. The Bertz CT molecular complexity index is 782. The van der Waals surface area contributed by atoms with Crippen molar-refractivity contribution in [2.45, 2.75) is 5.38 Å². The molecule has 0 fully saturated rings. The van der Waals surface area contributed by atoms with E-state index in [0.29, 0.717) is 10.0 Å². The number of hydrogen-bond donors (Lipinski definition) is 0. The average Bonchev–Trinajstić information content (AvgIpc) is 2.83. The Labute approximate surface area is 134 Å². The number of halogens is 4. The van der Waals surface area contributed by atoms with Gasteiger partial charge in [-0.2, -0.15) is 0 Å². The molecule has 0 nitrogen and oxygen atoms in total. The van der Waals surface area contributed by atoms with E-state index in [4.69, 9.17) is 34.8 Å². The molecule has 0 saturated heterocycles. The Morgan fingerprint density at radius 2 is 1.80 bits per heavy atom. The fourth-order valence-corrected chi connectivity index (χ4v) is 3.94. The summed E-state index contributed by atoms with van der Waals surface area (Å²) in [5.74, 6) is -0.252. The van der Waals surface area contributed by atoms with Gasteiger partial charge >= 0.3 is 0 Å². The lowest BCUT2D eigenvalue weighted by atomic mass is 10.1. The fraction of sp³-hybridized carbons (Fsp3) is 0.0667. The molecule has 0 radical (unpaired) electrons. The molecule has 3 rings (SSSR count). The summed E-state index contributed by atoms with van der Waals surface area (Å²) in [6.07, 6.45) is 0. The van der Waals surface area contributed by atoms with E-state index in [9.17, 15) is 4.39 Å². The summed E-state index contributed by atoms with van der Waals surface area (Å²) in [6.45, 7) is 0. The third-order valence-corrected chi connectivity index (χ3v) is 5.32. The number of thiophene rings is 1. The molecule has 0 amide bonds. The van der Waals surface area contributed by atoms with Crippen molar-refractivity contribution in [3.8, 4) is 0 Å². The minimum Gasteiger partial charge on any atom is -0.207 e. The Morgan fingerprint density at radius 1 is 1.00 bits per heavy atom. The Kier molecular flexibility index (Phi) is 3.91. The standard InChI is InChI=1S/C15H8Cl3FS/c16-9-2-4-12(17)11(6-9)15(18)14-5-8-1-3-10(19)7-13(8)20-14/h1-7,15H. The van der Waals surface area contributed by atoms with Crippen molar-refractivity contribution >= 4 is 56.2 Å². The summed E-state index contributed by atoms with van der Waals surface area (Å²) in [7, 11) is 0. The first kappa shape index (κ1) is 14.2. The number of fused-ring (bicyclic) bond motifs is 1. The Hall–Kier alpha value is -0.800. The second-order valence-corrected chi connectivity index (χ2v) is 6.75. The van der Waals surface area contributed by atoms with Gasteiger partial charge in [-0.25, -0.2) is 4.39 Å². The second-order valence-electron chi connectivity index (χ2n) is 4.36. The van der Waals surface area contributed by atoms with Gasteiger partial charge in [-0.1, -0.05) is 29.3 Å². The van der Waals surface area contributed by atoms with E-state index in [-0.39, 0.29) is 5.82 Å². The summed E-state index contributed by atoms with van der Waals surface area (Å²) in [5, 5.41) is 1.72. The van der Waals surface area contributed by atoms with Crippen molar-refractivity contribution in [3.63, 3.8) is 0 Å². The van der Waals surface area contributed by atoms with Crippen molar-refractivity contribution < 1.29 is 4.39 Å². The van der Waals surface area contributed by atoms with Crippen LogP contribution in [0.1, 0.15) is 15.8 Å². The van der Waals surface area contributed by atoms with Gasteiger partial charge in [0, 0.05) is 19.6 Å². The van der Waals surface area contributed by atoms with E-state index in [1.54, 1.807) is 24.3 Å². The minimum absolute atomic E-state index is 0.252. The average molecular weight is 346 g/mol. The monoisotopic (exact) mass is 344 g/mol. The normalized spacial score (nSPS) is 12.8. The maximum Gasteiger partial charge on any atom is 0.124 e. The number of alkyl halides is 1. The van der Waals surface area contributed by atoms with E-state index < -0.39 is 5.38 Å². The number of hydrogen-bond acceptors (Lipinski definition) is 1. The quantitative estimate of drug-likeness (QED) is 0.455. The highest BCUT2D eigenvalue weighted by atomic mass is 35.5. The van der Waals surface area contributed by atoms with Crippen LogP contribution in [-0.4, -0.2) is 0 Å². The van der Waals surface area contributed by atoms with Crippen LogP contribution in [0.15, 0.2) is 42.5 Å². The zero-order valence-electron chi connectivity index (χ0n) is 10.0. The second kappa shape index (κ2) is 5.53. The molecule has 5 heteroatoms. The zero-order chi connectivity index (χ0) is 14.3. The van der Waals surface area contributed by atoms with Gasteiger partial charge in [-0.3, -0.25) is 0 Å². The molecule has 0 saturated carbocycles. The molecule has 2 aromatic carbocycles. The van der Waals surface area contributed by atoms with Gasteiger partial charge in [0.05, 0.1) is 5.38 Å². The highest BCUT2D eigenvalue weighted by molar-refractivity contribution is 7.19. The van der Waals surface area contributed by atoms with E-state index in [2.05, 4.69) is 0 Å². The van der Waals surface area contributed by atoms with Gasteiger partial charge in [0.1, 0.15) is 5.82 Å². The predicted octanol–water partition coefficient (Wildman–Crippen LogP) is 6.68. The van der Waals surface area contributed by atoms with Crippen LogP contribution >= 0.6 is 46.1 Å². The molecule has 0 aliphatic rings. The van der Waals surface area contributed by atoms with Crippen LogP contribution in [0.4, 0.5) is 4.39 Å². The zero-order valence-corrected chi connectivity index (χ0v) is 13.1. The van der Waals surface area contributed by atoms with Gasteiger partial charge < -0.3 is 0 Å². The first-order chi connectivity index (χ1) is 9.54. The van der Waals surface area contributed by atoms with Crippen molar-refractivity contribution in [2.24, 2.45) is 0 Å². The van der Waals surface area contributed by atoms with Gasteiger partial charge in [-0.15, -0.1) is 22.9 Å². The van der Waals surface area contributed by atoms with Crippen LogP contribution < -0.4 is 0 Å². The maximum absolute atomic E-state index is 13.2. The summed E-state index contributed by atoms with van der Waals surface area (Å²) >= 11 is 20.1. The smallest absolute Gasteiger partial charge is 0.124 e. The number of benzene rings is 2. The molecule has 0 aliphatic carbocycles. The lowest BCUT2D eigenvalue weighted by molar-refractivity contribution is 0.630. The van der Waals surface area contributed by atoms with Crippen molar-refractivity contribution in [2.75, 3.05) is 0 Å². The SMILES string of the molecule is Fc1ccc2cc(C(Cl)c3cc(Cl)ccc3Cl)sc2c1. The van der Waals surface area contributed by atoms with Gasteiger partial charge in [-0.05, 0) is 47.3 Å². The lowest BCUT2D eigenvalue weighted by Crippen LogP contribution is -1.91. The van der Waals surface area contributed by atoms with Crippen LogP contribution in [0.5, 0.6) is 0 Å². The van der Waals surface area contributed by atoms with Gasteiger partial charge in [0.2, 0.25) is 0 Å². The molecule has 0 bridgehead atoms. The fourth-order valence-electron chi connectivity index (χ4n) is 2.01. The Balaban J connectivity index is 2.07. The Morgan fingerprint density at radius 3 is 2.60 bits per heavy atom. The van der Waals surface area contributed by atoms with Crippen LogP contribution in [0.25, 0.3) is 10.1 Å². The van der Waals surface area contributed by atoms with Gasteiger partial charge in [0.15, 0.2) is 0 Å². The van der Waals surface area contributed by atoms with Crippen LogP contribution in [0.2, 0.25) is 10.0 Å². The van der Waals surface area contributed by atoms with Crippen LogP contribution in [-0.2, 0) is 0 Å². The topological polar surface area (TPSA) is 0 Å². The van der Waals surface area contributed by atoms with E-state index in [1.807, 2.05) is 6.07 Å². The molecule has 0 spiro atoms. The first-order valence-corrected chi connectivity index (χ1v) is 7.83. The van der Waals surface area contributed by atoms with E-state index in [0.717, 1.165) is 20.5 Å². The van der Waals surface area contributed by atoms with Gasteiger partial charge in [0.25, 0.3) is 0 Å². The molecule has 0 aliphatic heterocycles. The predicted molar refractivity (Wildman–Crippen MR) is 85.9 cm³/mol. The molecule has 1 aromatic heterocycles. The molecule has 20 heavy (non-hydrogen) atoms. The van der Waals surface area contributed by atoms with Crippen molar-refractivity contribution in [3.05, 3.63) is 68.8 Å². The van der Waals surface area contributed by atoms with Crippen molar-refractivity contribution in [1.29, 1.82) is 0 Å². The maximum atomic E-state index is 13.2. The highest BCUT2D eigenvalue weighted by Crippen LogP contribution is 2.40. The molecule has 1 heterocycles. The number of rotatable bonds is 2. The summed E-state index contributed by atoms with van der Waals surface area (Å²) < 4.78 is 14.1. The first-order valence-electron chi connectivity index (χ1n) is 5.82. The third kappa shape index (κ3) is 2.66. The molecular weight excluding hydrogens is 338 g/mol. The molecular formula is C15H8Cl3FS. The summed E-state index contributed by atoms with van der Waals surface area (Å²) in [6, 6.07) is 11.8. The van der Waals surface area contributed by atoms with Crippen molar-refractivity contribution in [1.82, 2.24) is 0 Å². The summed E-state index contributed by atoms with van der Waals surface area (Å²) in [5.41, 5.74) is 0.757. The molecule has 3 aromatic rings. The minimum atomic E-state index is -0.401. The van der Waals surface area contributed by atoms with E-state index >= 15 is 0 Å². The molecule has 1 unspecified atom stereocenters. The van der Waals surface area contributed by atoms with Crippen LogP contribution in [0, 0.1) is 5.82 Å². The van der Waals surface area contributed by atoms with E-state index in [1.165, 1.54) is 23.5 Å². The molecule has 102 valence electrons. The van der Waals surface area contributed by atoms with Crippen LogP contribution in [0.3, 0.4) is 0 Å². The largest absolute Gasteiger partial charge is 0.207 e. The lowest BCUT2D eigenvalue weighted by Gasteiger charge is -2.10. The molecule has 0 N–H and O–H groups in total. The summed E-state index contributed by atoms with van der Waals surface area (Å²) in [4.78, 5) is 0.913. The highest BCUT2D eigenvalue weighted by Gasteiger charge is 2.17. The molecule has 1 atom stereocenters.